The van der Waals surface area contributed by atoms with Crippen LogP contribution in [-0.2, 0) is 0 Å². The number of aromatic hydroxyl groups is 2. The predicted octanol–water partition coefficient (Wildman–Crippen LogP) is 3.11. The van der Waals surface area contributed by atoms with Crippen LogP contribution in [0.1, 0.15) is 10.4 Å². The molecule has 1 amide bonds. The summed E-state index contributed by atoms with van der Waals surface area (Å²) in [7, 11) is 0. The standard InChI is InChI=1S/C13H10BrNO3/c14-9-5-3-4-8(12(9)17)13(18)15-10-6-1-2-7-11(10)16/h1-7,16-17H,(H,15,18). The number of phenolic OH excluding ortho intramolecular Hbond substituents is 2. The van der Waals surface area contributed by atoms with Crippen molar-refractivity contribution in [2.45, 2.75) is 0 Å². The molecule has 0 unspecified atom stereocenters. The number of nitrogens with one attached hydrogen (secondary N) is 1. The Morgan fingerprint density at radius 3 is 2.50 bits per heavy atom. The Bertz CT molecular complexity index is 599. The number of carbonyl (C=O) groups is 1. The van der Waals surface area contributed by atoms with Crippen LogP contribution < -0.4 is 5.32 Å². The number of anilines is 1. The van der Waals surface area contributed by atoms with Crippen LogP contribution in [-0.4, -0.2) is 16.1 Å². The number of benzene rings is 2. The Morgan fingerprint density at radius 2 is 1.78 bits per heavy atom. The lowest BCUT2D eigenvalue weighted by Crippen LogP contribution is -2.12. The van der Waals surface area contributed by atoms with E-state index in [1.807, 2.05) is 0 Å². The Morgan fingerprint density at radius 1 is 1.06 bits per heavy atom. The highest BCUT2D eigenvalue weighted by Crippen LogP contribution is 2.29. The van der Waals surface area contributed by atoms with E-state index in [-0.39, 0.29) is 17.1 Å². The summed E-state index contributed by atoms with van der Waals surface area (Å²) in [6, 6.07) is 11.2. The first-order valence-electron chi connectivity index (χ1n) is 5.16. The summed E-state index contributed by atoms with van der Waals surface area (Å²) in [5, 5.41) is 21.8. The molecule has 0 aliphatic rings. The van der Waals surface area contributed by atoms with E-state index in [0.29, 0.717) is 10.2 Å². The average molecular weight is 308 g/mol. The zero-order valence-corrected chi connectivity index (χ0v) is 10.8. The Balaban J connectivity index is 2.28. The minimum Gasteiger partial charge on any atom is -0.506 e. The maximum absolute atomic E-state index is 11.9. The number of hydrogen-bond donors (Lipinski definition) is 3. The van der Waals surface area contributed by atoms with E-state index in [0.717, 1.165) is 0 Å². The van der Waals surface area contributed by atoms with Gasteiger partial charge >= 0.3 is 0 Å². The molecule has 0 fully saturated rings. The van der Waals surface area contributed by atoms with Crippen LogP contribution in [0.4, 0.5) is 5.69 Å². The molecule has 0 radical (unpaired) electrons. The number of hydrogen-bond acceptors (Lipinski definition) is 3. The Kier molecular flexibility index (Phi) is 3.53. The number of para-hydroxylation sites is 3. The van der Waals surface area contributed by atoms with Gasteiger partial charge in [-0.3, -0.25) is 4.79 Å². The van der Waals surface area contributed by atoms with Gasteiger partial charge in [-0.15, -0.1) is 0 Å². The second-order valence-corrected chi connectivity index (χ2v) is 4.46. The minimum atomic E-state index is -0.490. The van der Waals surface area contributed by atoms with Gasteiger partial charge in [-0.05, 0) is 40.2 Å². The summed E-state index contributed by atoms with van der Waals surface area (Å²) in [5.41, 5.74) is 0.425. The number of halogens is 1. The molecule has 0 saturated heterocycles. The molecule has 0 saturated carbocycles. The van der Waals surface area contributed by atoms with E-state index in [4.69, 9.17) is 0 Å². The van der Waals surface area contributed by atoms with Gasteiger partial charge in [-0.2, -0.15) is 0 Å². The van der Waals surface area contributed by atoms with Crippen molar-refractivity contribution in [3.63, 3.8) is 0 Å². The molecule has 5 heteroatoms. The predicted molar refractivity (Wildman–Crippen MR) is 71.9 cm³/mol. The van der Waals surface area contributed by atoms with Crippen LogP contribution in [0.25, 0.3) is 0 Å². The third-order valence-electron chi connectivity index (χ3n) is 2.38. The molecule has 92 valence electrons. The van der Waals surface area contributed by atoms with Crippen molar-refractivity contribution in [2.24, 2.45) is 0 Å². The molecule has 0 spiro atoms. The van der Waals surface area contributed by atoms with E-state index in [2.05, 4.69) is 21.2 Å². The Labute approximate surface area is 112 Å². The summed E-state index contributed by atoms with van der Waals surface area (Å²) >= 11 is 3.13. The van der Waals surface area contributed by atoms with Gasteiger partial charge in [-0.25, -0.2) is 0 Å². The molecule has 0 bridgehead atoms. The highest BCUT2D eigenvalue weighted by atomic mass is 79.9. The maximum atomic E-state index is 11.9. The lowest BCUT2D eigenvalue weighted by atomic mass is 10.2. The van der Waals surface area contributed by atoms with E-state index >= 15 is 0 Å². The summed E-state index contributed by atoms with van der Waals surface area (Å²) in [6.45, 7) is 0. The summed E-state index contributed by atoms with van der Waals surface area (Å²) in [5.74, 6) is -0.652. The molecule has 0 aliphatic heterocycles. The van der Waals surface area contributed by atoms with E-state index < -0.39 is 5.91 Å². The third-order valence-corrected chi connectivity index (χ3v) is 3.02. The molecule has 4 nitrogen and oxygen atoms in total. The number of phenols is 2. The molecule has 2 aromatic carbocycles. The van der Waals surface area contributed by atoms with Crippen LogP contribution in [0.5, 0.6) is 11.5 Å². The fourth-order valence-electron chi connectivity index (χ4n) is 1.47. The lowest BCUT2D eigenvalue weighted by Gasteiger charge is -2.08. The first kappa shape index (κ1) is 12.4. The molecule has 0 heterocycles. The van der Waals surface area contributed by atoms with Gasteiger partial charge in [-0.1, -0.05) is 18.2 Å². The topological polar surface area (TPSA) is 69.6 Å². The van der Waals surface area contributed by atoms with Crippen molar-refractivity contribution in [3.05, 3.63) is 52.5 Å². The zero-order chi connectivity index (χ0) is 13.1. The van der Waals surface area contributed by atoms with Crippen molar-refractivity contribution in [1.29, 1.82) is 0 Å². The minimum absolute atomic E-state index is 0.0275. The molecule has 2 aromatic rings. The average Bonchev–Trinajstić information content (AvgIpc) is 2.35. The molecule has 3 N–H and O–H groups in total. The zero-order valence-electron chi connectivity index (χ0n) is 9.22. The first-order valence-corrected chi connectivity index (χ1v) is 5.95. The number of rotatable bonds is 2. The first-order chi connectivity index (χ1) is 8.59. The van der Waals surface area contributed by atoms with Crippen molar-refractivity contribution < 1.29 is 15.0 Å². The molecular weight excluding hydrogens is 298 g/mol. The van der Waals surface area contributed by atoms with Gasteiger partial charge in [0.25, 0.3) is 5.91 Å². The monoisotopic (exact) mass is 307 g/mol. The molecule has 0 aliphatic carbocycles. The van der Waals surface area contributed by atoms with Gasteiger partial charge in [0.05, 0.1) is 15.7 Å². The highest BCUT2D eigenvalue weighted by Gasteiger charge is 2.14. The van der Waals surface area contributed by atoms with Crippen molar-refractivity contribution in [2.75, 3.05) is 5.32 Å². The molecule has 0 aromatic heterocycles. The fraction of sp³-hybridized carbons (Fsp3) is 0. The van der Waals surface area contributed by atoms with Gasteiger partial charge in [0.2, 0.25) is 0 Å². The van der Waals surface area contributed by atoms with E-state index in [1.54, 1.807) is 30.3 Å². The smallest absolute Gasteiger partial charge is 0.259 e. The quantitative estimate of drug-likeness (QED) is 0.747. The summed E-state index contributed by atoms with van der Waals surface area (Å²) in [6.07, 6.45) is 0. The summed E-state index contributed by atoms with van der Waals surface area (Å²) < 4.78 is 0.437. The van der Waals surface area contributed by atoms with Gasteiger partial charge in [0.1, 0.15) is 11.5 Å². The molecular formula is C13H10BrNO3. The summed E-state index contributed by atoms with van der Waals surface area (Å²) in [4.78, 5) is 11.9. The maximum Gasteiger partial charge on any atom is 0.259 e. The SMILES string of the molecule is O=C(Nc1ccccc1O)c1cccc(Br)c1O. The van der Waals surface area contributed by atoms with Crippen LogP contribution in [0.3, 0.4) is 0 Å². The van der Waals surface area contributed by atoms with Crippen molar-refractivity contribution in [3.8, 4) is 11.5 Å². The van der Waals surface area contributed by atoms with Crippen molar-refractivity contribution in [1.82, 2.24) is 0 Å². The largest absolute Gasteiger partial charge is 0.506 e. The highest BCUT2D eigenvalue weighted by molar-refractivity contribution is 9.10. The van der Waals surface area contributed by atoms with E-state index in [9.17, 15) is 15.0 Å². The number of amides is 1. The molecule has 2 rings (SSSR count). The van der Waals surface area contributed by atoms with Crippen LogP contribution in [0.2, 0.25) is 0 Å². The van der Waals surface area contributed by atoms with Gasteiger partial charge < -0.3 is 15.5 Å². The third kappa shape index (κ3) is 2.46. The fourth-order valence-corrected chi connectivity index (χ4v) is 1.83. The Hall–Kier alpha value is -2.01. The number of carbonyl (C=O) groups excluding carboxylic acids is 1. The van der Waals surface area contributed by atoms with Crippen LogP contribution in [0, 0.1) is 0 Å². The second kappa shape index (κ2) is 5.10. The van der Waals surface area contributed by atoms with Gasteiger partial charge in [0, 0.05) is 0 Å². The van der Waals surface area contributed by atoms with E-state index in [1.165, 1.54) is 12.1 Å². The lowest BCUT2D eigenvalue weighted by molar-refractivity contribution is 0.102. The van der Waals surface area contributed by atoms with Gasteiger partial charge in [0.15, 0.2) is 0 Å². The van der Waals surface area contributed by atoms with Crippen molar-refractivity contribution >= 4 is 27.5 Å². The molecule has 18 heavy (non-hydrogen) atoms. The van der Waals surface area contributed by atoms with Crippen LogP contribution in [0.15, 0.2) is 46.9 Å². The molecule has 0 atom stereocenters. The van der Waals surface area contributed by atoms with Crippen LogP contribution >= 0.6 is 15.9 Å². The second-order valence-electron chi connectivity index (χ2n) is 3.61. The normalized spacial score (nSPS) is 10.1.